The number of aromatic carboxylic acids is 1. The molecule has 16 nitrogen and oxygen atoms in total. The third-order valence-corrected chi connectivity index (χ3v) is 5.49. The van der Waals surface area contributed by atoms with Gasteiger partial charge in [-0.1, -0.05) is 24.3 Å². The van der Waals surface area contributed by atoms with E-state index in [1.165, 1.54) is 23.1 Å². The van der Waals surface area contributed by atoms with E-state index < -0.39 is 52.4 Å². The lowest BCUT2D eigenvalue weighted by molar-refractivity contribution is -0.385. The molecule has 0 saturated heterocycles. The Kier molecular flexibility index (Phi) is 13.9. The summed E-state index contributed by atoms with van der Waals surface area (Å²) in [7, 11) is 0. The van der Waals surface area contributed by atoms with Crippen LogP contribution >= 0.6 is 0 Å². The molecule has 0 unspecified atom stereocenters. The van der Waals surface area contributed by atoms with Crippen molar-refractivity contribution < 1.29 is 48.3 Å². The van der Waals surface area contributed by atoms with Crippen molar-refractivity contribution in [1.29, 1.82) is 0 Å². The Bertz CT molecular complexity index is 1390. The lowest BCUT2D eigenvalue weighted by atomic mass is 10.1. The molecule has 45 heavy (non-hydrogen) atoms. The normalized spacial score (nSPS) is 10.9. The number of nitro benzene ring substituents is 1. The minimum Gasteiger partial charge on any atom is -0.477 e. The molecule has 0 saturated carbocycles. The minimum atomic E-state index is -1.45. The molecule has 0 aliphatic rings. The monoisotopic (exact) mass is 629 g/mol. The molecule has 4 N–H and O–H groups in total. The predicted molar refractivity (Wildman–Crippen MR) is 159 cm³/mol. The van der Waals surface area contributed by atoms with Gasteiger partial charge in [0.05, 0.1) is 4.92 Å². The zero-order valence-corrected chi connectivity index (χ0v) is 24.9. The summed E-state index contributed by atoms with van der Waals surface area (Å²) in [5.41, 5.74) is 1.01. The molecular formula is C29H35N5O11. The highest BCUT2D eigenvalue weighted by Crippen LogP contribution is 2.20. The number of hydroxylamine groups is 1. The number of alkyl carbamates (subject to hydrolysis) is 1. The SMILES string of the molecule is CC(C)(C)OC(=O)NOCC(=O)NCCN(CCNC(=O)OC/C=C/c1ccc([N+](=O)[O-])c(C(=O)O)c1)C(=O)c1ccccc1. The van der Waals surface area contributed by atoms with E-state index >= 15 is 0 Å². The maximum absolute atomic E-state index is 13.0. The van der Waals surface area contributed by atoms with Crippen molar-refractivity contribution in [2.24, 2.45) is 0 Å². The number of amides is 4. The van der Waals surface area contributed by atoms with E-state index in [4.69, 9.17) is 14.3 Å². The second kappa shape index (κ2) is 17.6. The fourth-order valence-corrected chi connectivity index (χ4v) is 3.56. The van der Waals surface area contributed by atoms with Crippen molar-refractivity contribution in [3.63, 3.8) is 0 Å². The van der Waals surface area contributed by atoms with Crippen molar-refractivity contribution in [1.82, 2.24) is 21.0 Å². The lowest BCUT2D eigenvalue weighted by Gasteiger charge is -2.23. The van der Waals surface area contributed by atoms with E-state index in [9.17, 15) is 39.2 Å². The van der Waals surface area contributed by atoms with E-state index in [1.807, 2.05) is 5.48 Å². The maximum Gasteiger partial charge on any atom is 0.431 e. The van der Waals surface area contributed by atoms with Crippen molar-refractivity contribution in [3.8, 4) is 0 Å². The number of carboxylic acids is 1. The summed E-state index contributed by atoms with van der Waals surface area (Å²) in [6.07, 6.45) is 1.23. The summed E-state index contributed by atoms with van der Waals surface area (Å²) < 4.78 is 10.0. The van der Waals surface area contributed by atoms with E-state index in [0.29, 0.717) is 11.1 Å². The maximum atomic E-state index is 13.0. The Morgan fingerprint density at radius 2 is 1.64 bits per heavy atom. The van der Waals surface area contributed by atoms with Crippen molar-refractivity contribution >= 4 is 41.7 Å². The summed E-state index contributed by atoms with van der Waals surface area (Å²) in [4.78, 5) is 76.5. The molecule has 242 valence electrons. The molecule has 0 atom stereocenters. The third kappa shape index (κ3) is 13.6. The van der Waals surface area contributed by atoms with Crippen LogP contribution in [-0.2, 0) is 19.1 Å². The standard InChI is InChI=1S/C29H35N5O11/c1-29(2,3)45-28(40)32-44-19-24(35)30-13-15-33(25(36)21-9-5-4-6-10-21)16-14-31-27(39)43-17-7-8-20-11-12-23(34(41)42)22(18-20)26(37)38/h4-12,18H,13-17,19H2,1-3H3,(H,30,35)(H,31,39)(H,32,40)(H,37,38)/b8-7+. The summed E-state index contributed by atoms with van der Waals surface area (Å²) in [5, 5.41) is 25.2. The number of nitrogens with zero attached hydrogens (tertiary/aromatic N) is 2. The Morgan fingerprint density at radius 1 is 0.978 bits per heavy atom. The fourth-order valence-electron chi connectivity index (χ4n) is 3.56. The molecule has 0 bridgehead atoms. The molecule has 2 aromatic rings. The van der Waals surface area contributed by atoms with Crippen LogP contribution in [0.5, 0.6) is 0 Å². The van der Waals surface area contributed by atoms with E-state index in [1.54, 1.807) is 51.1 Å². The van der Waals surface area contributed by atoms with Crippen LogP contribution in [0.25, 0.3) is 6.08 Å². The van der Waals surface area contributed by atoms with Gasteiger partial charge in [-0.25, -0.2) is 14.4 Å². The first-order chi connectivity index (χ1) is 21.3. The average Bonchev–Trinajstić information content (AvgIpc) is 2.97. The first-order valence-corrected chi connectivity index (χ1v) is 13.6. The number of nitrogens with one attached hydrogen (secondary N) is 3. The number of hydrogen-bond acceptors (Lipinski definition) is 10. The highest BCUT2D eigenvalue weighted by molar-refractivity contribution is 5.94. The number of ether oxygens (including phenoxy) is 2. The number of carbonyl (C=O) groups excluding carboxylic acids is 4. The Hall–Kier alpha value is -5.51. The van der Waals surface area contributed by atoms with Gasteiger partial charge in [0.15, 0.2) is 6.61 Å². The molecule has 2 aromatic carbocycles. The van der Waals surface area contributed by atoms with Gasteiger partial charge < -0.3 is 30.1 Å². The van der Waals surface area contributed by atoms with Crippen LogP contribution in [0, 0.1) is 10.1 Å². The van der Waals surface area contributed by atoms with Gasteiger partial charge in [0.1, 0.15) is 17.8 Å². The van der Waals surface area contributed by atoms with Crippen LogP contribution in [0.2, 0.25) is 0 Å². The number of rotatable bonds is 15. The highest BCUT2D eigenvalue weighted by Gasteiger charge is 2.20. The molecule has 0 heterocycles. The highest BCUT2D eigenvalue weighted by atomic mass is 16.7. The summed E-state index contributed by atoms with van der Waals surface area (Å²) >= 11 is 0. The molecule has 4 amide bonds. The Morgan fingerprint density at radius 3 is 2.27 bits per heavy atom. The van der Waals surface area contributed by atoms with E-state index in [-0.39, 0.29) is 38.7 Å². The first kappa shape index (κ1) is 35.7. The van der Waals surface area contributed by atoms with Crippen LogP contribution in [0.4, 0.5) is 15.3 Å². The van der Waals surface area contributed by atoms with Crippen molar-refractivity contribution in [2.75, 3.05) is 39.4 Å². The predicted octanol–water partition coefficient (Wildman–Crippen LogP) is 2.75. The largest absolute Gasteiger partial charge is 0.477 e. The number of nitro groups is 1. The van der Waals surface area contributed by atoms with Gasteiger partial charge >= 0.3 is 18.2 Å². The van der Waals surface area contributed by atoms with Gasteiger partial charge in [-0.05, 0) is 56.7 Å². The molecule has 2 rings (SSSR count). The average molecular weight is 630 g/mol. The van der Waals surface area contributed by atoms with E-state index in [0.717, 1.165) is 12.1 Å². The van der Waals surface area contributed by atoms with Crippen LogP contribution < -0.4 is 16.1 Å². The van der Waals surface area contributed by atoms with Crippen LogP contribution in [0.1, 0.15) is 47.1 Å². The van der Waals surface area contributed by atoms with Gasteiger partial charge in [-0.2, -0.15) is 5.48 Å². The van der Waals surface area contributed by atoms with Gasteiger partial charge in [-0.3, -0.25) is 24.5 Å². The number of carboxylic acid groups (broad SMARTS) is 1. The smallest absolute Gasteiger partial charge is 0.431 e. The summed E-state index contributed by atoms with van der Waals surface area (Å²) in [6.45, 7) is 4.57. The van der Waals surface area contributed by atoms with Gasteiger partial charge in [-0.15, -0.1) is 0 Å². The quantitative estimate of drug-likeness (QED) is 0.166. The number of hydrogen-bond donors (Lipinski definition) is 4. The molecule has 0 spiro atoms. The Balaban J connectivity index is 1.82. The second-order valence-corrected chi connectivity index (χ2v) is 10.2. The van der Waals surface area contributed by atoms with Crippen LogP contribution in [0.3, 0.4) is 0 Å². The van der Waals surface area contributed by atoms with Crippen molar-refractivity contribution in [2.45, 2.75) is 26.4 Å². The lowest BCUT2D eigenvalue weighted by Crippen LogP contribution is -2.43. The van der Waals surface area contributed by atoms with Crippen molar-refractivity contribution in [3.05, 3.63) is 81.4 Å². The first-order valence-electron chi connectivity index (χ1n) is 13.6. The molecular weight excluding hydrogens is 594 g/mol. The topological polar surface area (TPSA) is 216 Å². The van der Waals surface area contributed by atoms with Gasteiger partial charge in [0, 0.05) is 37.8 Å². The minimum absolute atomic E-state index is 0.0162. The number of benzene rings is 2. The summed E-state index contributed by atoms with van der Waals surface area (Å²) in [6, 6.07) is 12.0. The zero-order chi connectivity index (χ0) is 33.4. The molecule has 0 aromatic heterocycles. The molecule has 0 aliphatic heterocycles. The van der Waals surface area contributed by atoms with Crippen LogP contribution in [-0.4, -0.2) is 89.9 Å². The molecule has 0 fully saturated rings. The number of carbonyl (C=O) groups is 5. The van der Waals surface area contributed by atoms with E-state index in [2.05, 4.69) is 10.6 Å². The fraction of sp³-hybridized carbons (Fsp3) is 0.345. The van der Waals surface area contributed by atoms with Gasteiger partial charge in [0.2, 0.25) is 5.91 Å². The Labute approximate surface area is 258 Å². The second-order valence-electron chi connectivity index (χ2n) is 10.2. The van der Waals surface area contributed by atoms with Crippen LogP contribution in [0.15, 0.2) is 54.6 Å². The molecule has 0 aliphatic carbocycles. The zero-order valence-electron chi connectivity index (χ0n) is 24.9. The molecule has 0 radical (unpaired) electrons. The summed E-state index contributed by atoms with van der Waals surface area (Å²) in [5.74, 6) is -2.34. The van der Waals surface area contributed by atoms with Gasteiger partial charge in [0.25, 0.3) is 11.6 Å². The molecule has 16 heteroatoms. The third-order valence-electron chi connectivity index (χ3n) is 5.49.